The van der Waals surface area contributed by atoms with E-state index >= 15 is 0 Å². The highest BCUT2D eigenvalue weighted by Crippen LogP contribution is 2.20. The molecule has 1 aromatic heterocycles. The van der Waals surface area contributed by atoms with E-state index in [0.29, 0.717) is 12.3 Å². The van der Waals surface area contributed by atoms with Crippen molar-refractivity contribution in [1.82, 2.24) is 4.98 Å². The Hall–Kier alpha value is -1.78. The molecule has 0 radical (unpaired) electrons. The van der Waals surface area contributed by atoms with Gasteiger partial charge in [-0.2, -0.15) is 0 Å². The van der Waals surface area contributed by atoms with E-state index < -0.39 is 0 Å². The quantitative estimate of drug-likeness (QED) is 0.816. The van der Waals surface area contributed by atoms with Crippen LogP contribution in [0.5, 0.6) is 0 Å². The molecular formula is C13H19NO4. The van der Waals surface area contributed by atoms with Crippen LogP contribution >= 0.6 is 0 Å². The Balaban J connectivity index is 3.01. The van der Waals surface area contributed by atoms with Crippen LogP contribution in [-0.4, -0.2) is 23.5 Å². The smallest absolute Gasteiger partial charge is 0.355 e. The molecule has 5 heteroatoms. The summed E-state index contributed by atoms with van der Waals surface area (Å²) in [7, 11) is 0. The SMILES string of the molecule is CCOC(=O)c1[nH]c(COC(C)=O)c(C)c1CC. The molecule has 100 valence electrons. The lowest BCUT2D eigenvalue weighted by Crippen LogP contribution is -2.08. The molecule has 5 nitrogen and oxygen atoms in total. The number of hydrogen-bond acceptors (Lipinski definition) is 4. The van der Waals surface area contributed by atoms with Gasteiger partial charge in [-0.3, -0.25) is 4.79 Å². The van der Waals surface area contributed by atoms with Gasteiger partial charge in [0.15, 0.2) is 0 Å². The van der Waals surface area contributed by atoms with Crippen molar-refractivity contribution in [3.8, 4) is 0 Å². The molecule has 0 atom stereocenters. The van der Waals surface area contributed by atoms with E-state index in [0.717, 1.165) is 23.2 Å². The maximum Gasteiger partial charge on any atom is 0.355 e. The Labute approximate surface area is 106 Å². The van der Waals surface area contributed by atoms with Crippen LogP contribution in [0.15, 0.2) is 0 Å². The number of carbonyl (C=O) groups excluding carboxylic acids is 2. The van der Waals surface area contributed by atoms with Crippen molar-refractivity contribution in [3.63, 3.8) is 0 Å². The molecule has 1 heterocycles. The standard InChI is InChI=1S/C13H19NO4/c1-5-10-8(3)11(7-18-9(4)15)14-12(10)13(16)17-6-2/h14H,5-7H2,1-4H3. The normalized spacial score (nSPS) is 10.2. The Morgan fingerprint density at radius 2 is 1.89 bits per heavy atom. The van der Waals surface area contributed by atoms with Crippen molar-refractivity contribution >= 4 is 11.9 Å². The number of nitrogens with one attached hydrogen (secondary N) is 1. The summed E-state index contributed by atoms with van der Waals surface area (Å²) in [6, 6.07) is 0. The van der Waals surface area contributed by atoms with Crippen molar-refractivity contribution < 1.29 is 19.1 Å². The van der Waals surface area contributed by atoms with Gasteiger partial charge in [-0.25, -0.2) is 4.79 Å². The monoisotopic (exact) mass is 253 g/mol. The highest BCUT2D eigenvalue weighted by Gasteiger charge is 2.19. The van der Waals surface area contributed by atoms with Crippen LogP contribution in [0.4, 0.5) is 0 Å². The van der Waals surface area contributed by atoms with Crippen molar-refractivity contribution in [2.24, 2.45) is 0 Å². The fourth-order valence-electron chi connectivity index (χ4n) is 1.83. The van der Waals surface area contributed by atoms with Gasteiger partial charge >= 0.3 is 11.9 Å². The van der Waals surface area contributed by atoms with Crippen LogP contribution < -0.4 is 0 Å². The van der Waals surface area contributed by atoms with Gasteiger partial charge in [0, 0.05) is 6.92 Å². The fraction of sp³-hybridized carbons (Fsp3) is 0.538. The number of esters is 2. The van der Waals surface area contributed by atoms with Crippen LogP contribution in [-0.2, 0) is 27.3 Å². The van der Waals surface area contributed by atoms with E-state index in [4.69, 9.17) is 9.47 Å². The molecule has 0 aliphatic rings. The minimum Gasteiger partial charge on any atom is -0.461 e. The van der Waals surface area contributed by atoms with E-state index in [1.807, 2.05) is 13.8 Å². The Kier molecular flexibility index (Phi) is 4.95. The number of rotatable bonds is 5. The van der Waals surface area contributed by atoms with Gasteiger partial charge in [0.2, 0.25) is 0 Å². The fourth-order valence-corrected chi connectivity index (χ4v) is 1.83. The molecule has 0 bridgehead atoms. The zero-order chi connectivity index (χ0) is 13.7. The summed E-state index contributed by atoms with van der Waals surface area (Å²) in [5, 5.41) is 0. The van der Waals surface area contributed by atoms with Crippen LogP contribution in [0.2, 0.25) is 0 Å². The van der Waals surface area contributed by atoms with Crippen LogP contribution in [0, 0.1) is 6.92 Å². The lowest BCUT2D eigenvalue weighted by atomic mass is 10.1. The van der Waals surface area contributed by atoms with Gasteiger partial charge < -0.3 is 14.5 Å². The minimum atomic E-state index is -0.369. The maximum absolute atomic E-state index is 11.8. The molecule has 0 saturated heterocycles. The Bertz CT molecular complexity index is 448. The van der Waals surface area contributed by atoms with Gasteiger partial charge in [0.05, 0.1) is 12.3 Å². The third kappa shape index (κ3) is 3.12. The third-order valence-electron chi connectivity index (χ3n) is 2.74. The average molecular weight is 253 g/mol. The van der Waals surface area contributed by atoms with Gasteiger partial charge in [-0.05, 0) is 31.4 Å². The molecule has 18 heavy (non-hydrogen) atoms. The summed E-state index contributed by atoms with van der Waals surface area (Å²) in [5.41, 5.74) is 3.06. The largest absolute Gasteiger partial charge is 0.461 e. The first-order valence-corrected chi connectivity index (χ1v) is 6.02. The summed E-state index contributed by atoms with van der Waals surface area (Å²) in [6.07, 6.45) is 0.719. The highest BCUT2D eigenvalue weighted by atomic mass is 16.5. The number of hydrogen-bond donors (Lipinski definition) is 1. The van der Waals surface area contributed by atoms with Gasteiger partial charge in [0.25, 0.3) is 0 Å². The second-order valence-corrected chi connectivity index (χ2v) is 3.94. The molecule has 1 rings (SSSR count). The number of aromatic amines is 1. The average Bonchev–Trinajstić information content (AvgIpc) is 2.63. The highest BCUT2D eigenvalue weighted by molar-refractivity contribution is 5.90. The summed E-state index contributed by atoms with van der Waals surface area (Å²) >= 11 is 0. The topological polar surface area (TPSA) is 68.4 Å². The molecule has 0 saturated carbocycles. The van der Waals surface area contributed by atoms with Crippen molar-refractivity contribution in [3.05, 3.63) is 22.5 Å². The van der Waals surface area contributed by atoms with Crippen LogP contribution in [0.1, 0.15) is 48.1 Å². The summed E-state index contributed by atoms with van der Waals surface area (Å²) < 4.78 is 9.93. The lowest BCUT2D eigenvalue weighted by molar-refractivity contribution is -0.142. The maximum atomic E-state index is 11.8. The number of aromatic nitrogens is 1. The first-order valence-electron chi connectivity index (χ1n) is 6.02. The zero-order valence-corrected chi connectivity index (χ0v) is 11.3. The second kappa shape index (κ2) is 6.23. The molecule has 0 spiro atoms. The number of H-pyrrole nitrogens is 1. The van der Waals surface area contributed by atoms with Crippen LogP contribution in [0.25, 0.3) is 0 Å². The zero-order valence-electron chi connectivity index (χ0n) is 11.3. The summed E-state index contributed by atoms with van der Waals surface area (Å²) in [6.45, 7) is 7.46. The number of ether oxygens (including phenoxy) is 2. The van der Waals surface area contributed by atoms with Crippen molar-refractivity contribution in [2.75, 3.05) is 6.61 Å². The molecule has 0 aliphatic heterocycles. The van der Waals surface area contributed by atoms with Gasteiger partial charge in [-0.15, -0.1) is 0 Å². The van der Waals surface area contributed by atoms with E-state index in [2.05, 4.69) is 4.98 Å². The third-order valence-corrected chi connectivity index (χ3v) is 2.74. The summed E-state index contributed by atoms with van der Waals surface area (Å²) in [4.78, 5) is 25.6. The second-order valence-electron chi connectivity index (χ2n) is 3.94. The van der Waals surface area contributed by atoms with E-state index in [-0.39, 0.29) is 18.5 Å². The van der Waals surface area contributed by atoms with Crippen LogP contribution in [0.3, 0.4) is 0 Å². The molecular weight excluding hydrogens is 234 g/mol. The lowest BCUT2D eigenvalue weighted by Gasteiger charge is -2.02. The molecule has 0 unspecified atom stereocenters. The molecule has 0 fully saturated rings. The van der Waals surface area contributed by atoms with Gasteiger partial charge in [-0.1, -0.05) is 6.92 Å². The minimum absolute atomic E-state index is 0.146. The molecule has 1 aromatic rings. The van der Waals surface area contributed by atoms with E-state index in [9.17, 15) is 9.59 Å². The van der Waals surface area contributed by atoms with Crippen molar-refractivity contribution in [1.29, 1.82) is 0 Å². The Morgan fingerprint density at radius 3 is 2.39 bits per heavy atom. The number of carbonyl (C=O) groups is 2. The van der Waals surface area contributed by atoms with E-state index in [1.165, 1.54) is 6.92 Å². The summed E-state index contributed by atoms with van der Waals surface area (Å²) in [5.74, 6) is -0.716. The first kappa shape index (κ1) is 14.3. The predicted molar refractivity (Wildman–Crippen MR) is 66.3 cm³/mol. The molecule has 0 aromatic carbocycles. The molecule has 1 N–H and O–H groups in total. The molecule has 0 aliphatic carbocycles. The predicted octanol–water partition coefficient (Wildman–Crippen LogP) is 2.13. The molecule has 0 amide bonds. The Morgan fingerprint density at radius 1 is 1.22 bits per heavy atom. The first-order chi connectivity index (χ1) is 8.51. The van der Waals surface area contributed by atoms with E-state index in [1.54, 1.807) is 6.92 Å². The van der Waals surface area contributed by atoms with Gasteiger partial charge in [0.1, 0.15) is 12.3 Å². The van der Waals surface area contributed by atoms with Crippen molar-refractivity contribution in [2.45, 2.75) is 40.7 Å².